The Morgan fingerprint density at radius 1 is 1.53 bits per heavy atom. The number of sulfone groups is 1. The first-order valence-electron chi connectivity index (χ1n) is 6.60. The monoisotopic (exact) mass is 260 g/mol. The van der Waals surface area contributed by atoms with Crippen molar-refractivity contribution in [2.24, 2.45) is 0 Å². The zero-order valence-electron chi connectivity index (χ0n) is 10.8. The summed E-state index contributed by atoms with van der Waals surface area (Å²) >= 11 is 0. The molecule has 3 atom stereocenters. The minimum atomic E-state index is -2.80. The SMILES string of the molecule is CC(CC1CCCN1)NC1(C)CCS(=O)(=O)C1. The third kappa shape index (κ3) is 3.66. The highest BCUT2D eigenvalue weighted by molar-refractivity contribution is 7.91. The Kier molecular flexibility index (Phi) is 3.80. The van der Waals surface area contributed by atoms with Gasteiger partial charge in [-0.2, -0.15) is 0 Å². The van der Waals surface area contributed by atoms with Crippen LogP contribution < -0.4 is 10.6 Å². The van der Waals surface area contributed by atoms with Crippen LogP contribution in [0.1, 0.15) is 39.5 Å². The summed E-state index contributed by atoms with van der Waals surface area (Å²) in [6, 6.07) is 0.989. The van der Waals surface area contributed by atoms with E-state index in [1.165, 1.54) is 12.8 Å². The van der Waals surface area contributed by atoms with E-state index >= 15 is 0 Å². The maximum Gasteiger partial charge on any atom is 0.152 e. The molecule has 2 N–H and O–H groups in total. The second-order valence-corrected chi connectivity index (χ2v) is 8.16. The Labute approximate surface area is 104 Å². The van der Waals surface area contributed by atoms with Gasteiger partial charge in [0, 0.05) is 17.6 Å². The van der Waals surface area contributed by atoms with Gasteiger partial charge in [-0.3, -0.25) is 0 Å². The van der Waals surface area contributed by atoms with Crippen molar-refractivity contribution in [2.45, 2.75) is 57.2 Å². The normalized spacial score (nSPS) is 38.4. The third-order valence-electron chi connectivity index (χ3n) is 3.90. The van der Waals surface area contributed by atoms with E-state index < -0.39 is 9.84 Å². The molecule has 0 aromatic carbocycles. The molecule has 0 aliphatic carbocycles. The van der Waals surface area contributed by atoms with Crippen LogP contribution in [0, 0.1) is 0 Å². The molecule has 2 aliphatic rings. The molecule has 0 aromatic heterocycles. The fourth-order valence-corrected chi connectivity index (χ4v) is 5.27. The molecule has 100 valence electrons. The van der Waals surface area contributed by atoms with Gasteiger partial charge in [0.05, 0.1) is 11.5 Å². The van der Waals surface area contributed by atoms with Crippen molar-refractivity contribution in [1.29, 1.82) is 0 Å². The largest absolute Gasteiger partial charge is 0.314 e. The van der Waals surface area contributed by atoms with Crippen LogP contribution in [0.25, 0.3) is 0 Å². The maximum atomic E-state index is 11.5. The highest BCUT2D eigenvalue weighted by Gasteiger charge is 2.39. The van der Waals surface area contributed by atoms with E-state index in [0.29, 0.717) is 23.6 Å². The van der Waals surface area contributed by atoms with Crippen LogP contribution >= 0.6 is 0 Å². The smallest absolute Gasteiger partial charge is 0.152 e. The predicted molar refractivity (Wildman–Crippen MR) is 69.9 cm³/mol. The Bertz CT molecular complexity index is 363. The summed E-state index contributed by atoms with van der Waals surface area (Å²) in [4.78, 5) is 0. The van der Waals surface area contributed by atoms with Crippen molar-refractivity contribution in [3.8, 4) is 0 Å². The summed E-state index contributed by atoms with van der Waals surface area (Å²) in [5.41, 5.74) is -0.211. The zero-order valence-corrected chi connectivity index (χ0v) is 11.6. The lowest BCUT2D eigenvalue weighted by molar-refractivity contribution is 0.323. The fraction of sp³-hybridized carbons (Fsp3) is 1.00. The van der Waals surface area contributed by atoms with Crippen LogP contribution in [0.15, 0.2) is 0 Å². The van der Waals surface area contributed by atoms with Crippen LogP contribution in [0.3, 0.4) is 0 Å². The van der Waals surface area contributed by atoms with Crippen LogP contribution in [0.2, 0.25) is 0 Å². The number of hydrogen-bond acceptors (Lipinski definition) is 4. The van der Waals surface area contributed by atoms with Gasteiger partial charge in [-0.25, -0.2) is 8.42 Å². The van der Waals surface area contributed by atoms with E-state index in [1.54, 1.807) is 0 Å². The van der Waals surface area contributed by atoms with Gasteiger partial charge in [0.2, 0.25) is 0 Å². The number of nitrogens with one attached hydrogen (secondary N) is 2. The Morgan fingerprint density at radius 2 is 2.29 bits per heavy atom. The van der Waals surface area contributed by atoms with Crippen LogP contribution in [-0.4, -0.2) is 44.1 Å². The lowest BCUT2D eigenvalue weighted by Crippen LogP contribution is -2.49. The molecule has 0 saturated carbocycles. The molecule has 2 heterocycles. The van der Waals surface area contributed by atoms with Crippen molar-refractivity contribution < 1.29 is 8.42 Å². The molecule has 0 spiro atoms. The van der Waals surface area contributed by atoms with Gasteiger partial charge < -0.3 is 10.6 Å². The zero-order chi connectivity index (χ0) is 12.5. The maximum absolute atomic E-state index is 11.5. The number of rotatable bonds is 4. The molecule has 0 bridgehead atoms. The molecular formula is C12H24N2O2S. The molecule has 17 heavy (non-hydrogen) atoms. The van der Waals surface area contributed by atoms with E-state index in [0.717, 1.165) is 19.4 Å². The Balaban J connectivity index is 1.83. The summed E-state index contributed by atoms with van der Waals surface area (Å²) in [6.45, 7) is 5.33. The van der Waals surface area contributed by atoms with Crippen molar-refractivity contribution in [2.75, 3.05) is 18.1 Å². The summed E-state index contributed by atoms with van der Waals surface area (Å²) in [5.74, 6) is 0.632. The highest BCUT2D eigenvalue weighted by atomic mass is 32.2. The number of hydrogen-bond donors (Lipinski definition) is 2. The molecule has 4 nitrogen and oxygen atoms in total. The van der Waals surface area contributed by atoms with Gasteiger partial charge in [0.25, 0.3) is 0 Å². The van der Waals surface area contributed by atoms with E-state index in [1.807, 2.05) is 6.92 Å². The lowest BCUT2D eigenvalue weighted by Gasteiger charge is -2.30. The molecule has 0 radical (unpaired) electrons. The average molecular weight is 260 g/mol. The summed E-state index contributed by atoms with van der Waals surface area (Å²) in [6.07, 6.45) is 4.36. The molecule has 3 unspecified atom stereocenters. The standard InChI is InChI=1S/C12H24N2O2S/c1-10(8-11-4-3-6-13-11)14-12(2)5-7-17(15,16)9-12/h10-11,13-14H,3-9H2,1-2H3. The molecule has 2 saturated heterocycles. The first kappa shape index (κ1) is 13.3. The first-order chi connectivity index (χ1) is 7.89. The van der Waals surface area contributed by atoms with Gasteiger partial charge in [-0.05, 0) is 46.1 Å². The molecule has 2 rings (SSSR count). The Morgan fingerprint density at radius 3 is 2.82 bits per heavy atom. The van der Waals surface area contributed by atoms with Gasteiger partial charge in [0.1, 0.15) is 0 Å². The van der Waals surface area contributed by atoms with E-state index in [2.05, 4.69) is 17.6 Å². The van der Waals surface area contributed by atoms with Crippen molar-refractivity contribution in [1.82, 2.24) is 10.6 Å². The van der Waals surface area contributed by atoms with Crippen LogP contribution in [0.4, 0.5) is 0 Å². The van der Waals surface area contributed by atoms with Crippen LogP contribution in [0.5, 0.6) is 0 Å². The molecule has 5 heteroatoms. The van der Waals surface area contributed by atoms with E-state index in [4.69, 9.17) is 0 Å². The second kappa shape index (κ2) is 4.86. The quantitative estimate of drug-likeness (QED) is 0.780. The minimum absolute atomic E-state index is 0.211. The molecule has 2 aliphatic heterocycles. The van der Waals surface area contributed by atoms with Crippen molar-refractivity contribution >= 4 is 9.84 Å². The molecule has 0 aromatic rings. The van der Waals surface area contributed by atoms with Gasteiger partial charge in [-0.15, -0.1) is 0 Å². The molecule has 0 amide bonds. The summed E-state index contributed by atoms with van der Waals surface area (Å²) in [7, 11) is -2.80. The second-order valence-electron chi connectivity index (χ2n) is 5.98. The lowest BCUT2D eigenvalue weighted by atomic mass is 9.98. The van der Waals surface area contributed by atoms with Gasteiger partial charge in [-0.1, -0.05) is 0 Å². The van der Waals surface area contributed by atoms with Crippen LogP contribution in [-0.2, 0) is 9.84 Å². The summed E-state index contributed by atoms with van der Waals surface area (Å²) < 4.78 is 23.0. The topological polar surface area (TPSA) is 58.2 Å². The van der Waals surface area contributed by atoms with E-state index in [-0.39, 0.29) is 5.54 Å². The van der Waals surface area contributed by atoms with Gasteiger partial charge in [0.15, 0.2) is 9.84 Å². The average Bonchev–Trinajstić information content (AvgIpc) is 2.74. The highest BCUT2D eigenvalue weighted by Crippen LogP contribution is 2.24. The van der Waals surface area contributed by atoms with Crippen molar-refractivity contribution in [3.05, 3.63) is 0 Å². The summed E-state index contributed by atoms with van der Waals surface area (Å²) in [5, 5.41) is 7.00. The van der Waals surface area contributed by atoms with Gasteiger partial charge >= 0.3 is 0 Å². The fourth-order valence-electron chi connectivity index (χ4n) is 3.16. The van der Waals surface area contributed by atoms with E-state index in [9.17, 15) is 8.42 Å². The first-order valence-corrected chi connectivity index (χ1v) is 8.42. The molecule has 2 fully saturated rings. The Hall–Kier alpha value is -0.130. The minimum Gasteiger partial charge on any atom is -0.314 e. The third-order valence-corrected chi connectivity index (χ3v) is 5.80. The predicted octanol–water partition coefficient (Wildman–Crippen LogP) is 0.684. The van der Waals surface area contributed by atoms with Crippen molar-refractivity contribution in [3.63, 3.8) is 0 Å². The molecular weight excluding hydrogens is 236 g/mol.